The summed E-state index contributed by atoms with van der Waals surface area (Å²) in [5, 5.41) is 5.32. The number of benzene rings is 3. The number of amides is 3. The molecular formula is C23H21F2N3O3S. The number of carbonyl (C=O) groups excluding carboxylic acids is 2. The molecule has 0 saturated heterocycles. The van der Waals surface area contributed by atoms with Crippen molar-refractivity contribution in [2.24, 2.45) is 0 Å². The highest BCUT2D eigenvalue weighted by Crippen LogP contribution is 2.32. The van der Waals surface area contributed by atoms with Crippen LogP contribution in [0.25, 0.3) is 0 Å². The molecule has 32 heavy (non-hydrogen) atoms. The van der Waals surface area contributed by atoms with Crippen molar-refractivity contribution in [2.75, 3.05) is 23.3 Å². The summed E-state index contributed by atoms with van der Waals surface area (Å²) in [4.78, 5) is 24.8. The van der Waals surface area contributed by atoms with Crippen LogP contribution < -0.4 is 19.7 Å². The number of rotatable bonds is 7. The van der Waals surface area contributed by atoms with Crippen LogP contribution in [0.4, 0.5) is 25.0 Å². The maximum absolute atomic E-state index is 13.8. The summed E-state index contributed by atoms with van der Waals surface area (Å²) in [5.41, 5.74) is 1.49. The highest BCUT2D eigenvalue weighted by atomic mass is 32.1. The van der Waals surface area contributed by atoms with Crippen LogP contribution in [0.5, 0.6) is 5.75 Å². The van der Waals surface area contributed by atoms with E-state index in [4.69, 9.17) is 4.74 Å². The van der Waals surface area contributed by atoms with E-state index in [0.29, 0.717) is 24.3 Å². The van der Waals surface area contributed by atoms with Crippen molar-refractivity contribution in [1.82, 2.24) is 5.32 Å². The van der Waals surface area contributed by atoms with Gasteiger partial charge in [0.15, 0.2) is 0 Å². The molecule has 0 radical (unpaired) electrons. The topological polar surface area (TPSA) is 70.7 Å². The van der Waals surface area contributed by atoms with E-state index in [9.17, 15) is 18.4 Å². The maximum Gasteiger partial charge on any atom is 0.332 e. The number of halogens is 2. The fourth-order valence-corrected chi connectivity index (χ4v) is 3.16. The van der Waals surface area contributed by atoms with Gasteiger partial charge in [-0.25, -0.2) is 17.9 Å². The number of nitrogens with zero attached hydrogens (tertiary/aromatic N) is 1. The third kappa shape index (κ3) is 5.76. The third-order valence-corrected chi connectivity index (χ3v) is 4.98. The van der Waals surface area contributed by atoms with Gasteiger partial charge in [0.1, 0.15) is 17.4 Å². The maximum atomic E-state index is 13.8. The highest BCUT2D eigenvalue weighted by molar-refractivity contribution is 7.82. The van der Waals surface area contributed by atoms with E-state index in [1.165, 1.54) is 43.5 Å². The zero-order chi connectivity index (χ0) is 23.1. The number of carbonyl (C=O) groups is 2. The predicted octanol–water partition coefficient (Wildman–Crippen LogP) is 4.83. The monoisotopic (exact) mass is 457 g/mol. The fraction of sp³-hybridized carbons (Fsp3) is 0.130. The van der Waals surface area contributed by atoms with Crippen LogP contribution in [-0.2, 0) is 6.42 Å². The van der Waals surface area contributed by atoms with Crippen LogP contribution >= 0.6 is 12.8 Å². The molecule has 6 nitrogen and oxygen atoms in total. The van der Waals surface area contributed by atoms with Gasteiger partial charge >= 0.3 is 6.03 Å². The molecule has 166 valence electrons. The van der Waals surface area contributed by atoms with Crippen LogP contribution in [0.15, 0.2) is 66.7 Å². The summed E-state index contributed by atoms with van der Waals surface area (Å²) < 4.78 is 33.2. The Balaban J connectivity index is 1.63. The van der Waals surface area contributed by atoms with Crippen molar-refractivity contribution in [2.45, 2.75) is 6.42 Å². The molecule has 0 heterocycles. The van der Waals surface area contributed by atoms with Gasteiger partial charge in [-0.05, 0) is 48.4 Å². The lowest BCUT2D eigenvalue weighted by molar-refractivity contribution is 0.102. The molecule has 0 saturated carbocycles. The molecular weight excluding hydrogens is 436 g/mol. The molecule has 3 rings (SSSR count). The van der Waals surface area contributed by atoms with E-state index in [0.717, 1.165) is 9.87 Å². The lowest BCUT2D eigenvalue weighted by Crippen LogP contribution is -2.35. The van der Waals surface area contributed by atoms with Crippen molar-refractivity contribution in [1.29, 1.82) is 0 Å². The highest BCUT2D eigenvalue weighted by Gasteiger charge is 2.18. The Kier molecular flexibility index (Phi) is 7.67. The molecule has 0 aromatic heterocycles. The number of nitrogens with one attached hydrogen (secondary N) is 2. The minimum atomic E-state index is -0.632. The largest absolute Gasteiger partial charge is 0.494 e. The van der Waals surface area contributed by atoms with E-state index in [-0.39, 0.29) is 17.1 Å². The predicted molar refractivity (Wildman–Crippen MR) is 122 cm³/mol. The number of thiol groups is 1. The Morgan fingerprint density at radius 2 is 1.75 bits per heavy atom. The van der Waals surface area contributed by atoms with Crippen LogP contribution in [0.2, 0.25) is 0 Å². The summed E-state index contributed by atoms with van der Waals surface area (Å²) in [6, 6.07) is 15.8. The van der Waals surface area contributed by atoms with E-state index < -0.39 is 17.8 Å². The van der Waals surface area contributed by atoms with Gasteiger partial charge < -0.3 is 15.4 Å². The Labute approximate surface area is 189 Å². The van der Waals surface area contributed by atoms with Crippen LogP contribution in [0.3, 0.4) is 0 Å². The summed E-state index contributed by atoms with van der Waals surface area (Å²) in [7, 11) is 1.41. The number of hydrogen-bond acceptors (Lipinski definition) is 4. The molecule has 0 atom stereocenters. The van der Waals surface area contributed by atoms with Gasteiger partial charge in [0.25, 0.3) is 5.91 Å². The molecule has 9 heteroatoms. The van der Waals surface area contributed by atoms with Crippen molar-refractivity contribution in [3.63, 3.8) is 0 Å². The number of hydrogen-bond donors (Lipinski definition) is 3. The normalized spacial score (nSPS) is 10.4. The first-order chi connectivity index (χ1) is 15.4. The molecule has 0 bridgehead atoms. The Bertz CT molecular complexity index is 1110. The summed E-state index contributed by atoms with van der Waals surface area (Å²) in [5.74, 6) is -1.29. The molecule has 0 aliphatic rings. The number of urea groups is 1. The summed E-state index contributed by atoms with van der Waals surface area (Å²) in [6.07, 6.45) is 0.520. The Morgan fingerprint density at radius 3 is 2.44 bits per heavy atom. The van der Waals surface area contributed by atoms with E-state index >= 15 is 0 Å². The quantitative estimate of drug-likeness (QED) is 0.445. The summed E-state index contributed by atoms with van der Waals surface area (Å²) in [6.45, 7) is 0.320. The average molecular weight is 458 g/mol. The van der Waals surface area contributed by atoms with Gasteiger partial charge in [-0.3, -0.25) is 4.79 Å². The lowest BCUT2D eigenvalue weighted by atomic mass is 10.1. The average Bonchev–Trinajstić information content (AvgIpc) is 2.80. The molecule has 3 amide bonds. The second-order valence-corrected chi connectivity index (χ2v) is 7.14. The van der Waals surface area contributed by atoms with Gasteiger partial charge in [0.05, 0.1) is 18.4 Å². The van der Waals surface area contributed by atoms with E-state index in [2.05, 4.69) is 23.4 Å². The second kappa shape index (κ2) is 10.6. The van der Waals surface area contributed by atoms with Crippen LogP contribution in [-0.4, -0.2) is 25.6 Å². The molecule has 0 aliphatic carbocycles. The van der Waals surface area contributed by atoms with Gasteiger partial charge in [0.2, 0.25) is 0 Å². The van der Waals surface area contributed by atoms with Gasteiger partial charge in [-0.2, -0.15) is 0 Å². The summed E-state index contributed by atoms with van der Waals surface area (Å²) >= 11 is 4.24. The molecule has 2 N–H and O–H groups in total. The molecule has 0 unspecified atom stereocenters. The zero-order valence-corrected chi connectivity index (χ0v) is 18.0. The second-order valence-electron chi connectivity index (χ2n) is 6.74. The molecule has 0 fully saturated rings. The first kappa shape index (κ1) is 23.1. The van der Waals surface area contributed by atoms with Crippen LogP contribution in [0.1, 0.15) is 15.9 Å². The van der Waals surface area contributed by atoms with Gasteiger partial charge in [-0.15, -0.1) is 0 Å². The fourth-order valence-electron chi connectivity index (χ4n) is 2.92. The SMILES string of the molecule is COc1cc(NC(=O)c2ccccc2F)ccc1N(S)C(=O)NCCc1ccc(F)cc1. The van der Waals surface area contributed by atoms with Crippen molar-refractivity contribution < 1.29 is 23.1 Å². The smallest absolute Gasteiger partial charge is 0.332 e. The zero-order valence-electron chi connectivity index (χ0n) is 17.1. The Hall–Kier alpha value is -3.59. The lowest BCUT2D eigenvalue weighted by Gasteiger charge is -2.20. The van der Waals surface area contributed by atoms with Gasteiger partial charge in [0, 0.05) is 18.3 Å². The van der Waals surface area contributed by atoms with E-state index in [1.54, 1.807) is 30.3 Å². The van der Waals surface area contributed by atoms with Crippen molar-refractivity contribution in [3.8, 4) is 5.75 Å². The number of methoxy groups -OCH3 is 1. The number of ether oxygens (including phenoxy) is 1. The standard InChI is InChI=1S/C23H21F2N3O3S/c1-31-21-14-17(27-22(29)18-4-2-3-5-19(18)25)10-11-20(21)28(32)23(30)26-13-12-15-6-8-16(24)9-7-15/h2-11,14,32H,12-13H2,1H3,(H,26,30)(H,27,29). The van der Waals surface area contributed by atoms with Crippen molar-refractivity contribution >= 4 is 36.1 Å². The molecule has 3 aromatic carbocycles. The molecule has 0 aliphatic heterocycles. The minimum Gasteiger partial charge on any atom is -0.494 e. The van der Waals surface area contributed by atoms with Crippen molar-refractivity contribution in [3.05, 3.63) is 89.5 Å². The molecule has 0 spiro atoms. The van der Waals surface area contributed by atoms with Gasteiger partial charge in [-0.1, -0.05) is 37.1 Å². The van der Waals surface area contributed by atoms with Crippen LogP contribution in [0, 0.1) is 11.6 Å². The van der Waals surface area contributed by atoms with E-state index in [1.807, 2.05) is 0 Å². The Morgan fingerprint density at radius 1 is 1.03 bits per heavy atom. The number of anilines is 2. The molecule has 3 aromatic rings. The first-order valence-corrected chi connectivity index (χ1v) is 10.0. The first-order valence-electron chi connectivity index (χ1n) is 9.64. The third-order valence-electron chi connectivity index (χ3n) is 4.58. The minimum absolute atomic E-state index is 0.0908.